The second-order valence-electron chi connectivity index (χ2n) is 5.28. The van der Waals surface area contributed by atoms with Crippen molar-refractivity contribution in [1.82, 2.24) is 15.2 Å². The van der Waals surface area contributed by atoms with Crippen molar-refractivity contribution in [2.24, 2.45) is 5.92 Å². The Kier molecular flexibility index (Phi) is 2.28. The van der Waals surface area contributed by atoms with E-state index in [1.807, 2.05) is 0 Å². The summed E-state index contributed by atoms with van der Waals surface area (Å²) in [6.45, 7) is 6.50. The number of H-pyrrole nitrogens is 1. The zero-order valence-corrected chi connectivity index (χ0v) is 10.1. The van der Waals surface area contributed by atoms with Crippen LogP contribution in [0, 0.1) is 5.92 Å². The average Bonchev–Trinajstić information content (AvgIpc) is 2.93. The SMILES string of the molecule is CC1OC(C)C(c2nc(C3CC3)n[nH]2)C1C. The summed E-state index contributed by atoms with van der Waals surface area (Å²) in [5.74, 6) is 3.53. The van der Waals surface area contributed by atoms with E-state index in [1.54, 1.807) is 0 Å². The van der Waals surface area contributed by atoms with Crippen LogP contribution in [-0.2, 0) is 4.74 Å². The van der Waals surface area contributed by atoms with Gasteiger partial charge < -0.3 is 4.74 Å². The largest absolute Gasteiger partial charge is 0.374 e. The van der Waals surface area contributed by atoms with Gasteiger partial charge in [-0.3, -0.25) is 5.10 Å². The predicted molar refractivity (Wildman–Crippen MR) is 60.3 cm³/mol. The normalized spacial score (nSPS) is 39.2. The van der Waals surface area contributed by atoms with Crippen molar-refractivity contribution in [2.75, 3.05) is 0 Å². The van der Waals surface area contributed by atoms with Crippen molar-refractivity contribution < 1.29 is 4.74 Å². The summed E-state index contributed by atoms with van der Waals surface area (Å²) in [6, 6.07) is 0. The lowest BCUT2D eigenvalue weighted by Crippen LogP contribution is -2.16. The Morgan fingerprint density at radius 3 is 2.50 bits per heavy atom. The van der Waals surface area contributed by atoms with Crippen LogP contribution in [0.25, 0.3) is 0 Å². The van der Waals surface area contributed by atoms with Crippen LogP contribution in [0.2, 0.25) is 0 Å². The summed E-state index contributed by atoms with van der Waals surface area (Å²) in [4.78, 5) is 4.64. The van der Waals surface area contributed by atoms with Crippen molar-refractivity contribution in [1.29, 1.82) is 0 Å². The van der Waals surface area contributed by atoms with E-state index in [9.17, 15) is 0 Å². The Bertz CT molecular complexity index is 385. The number of ether oxygens (including phenoxy) is 1. The second-order valence-corrected chi connectivity index (χ2v) is 5.28. The van der Waals surface area contributed by atoms with Gasteiger partial charge in [0.25, 0.3) is 0 Å². The number of rotatable bonds is 2. The number of hydrogen-bond acceptors (Lipinski definition) is 3. The molecule has 16 heavy (non-hydrogen) atoms. The highest BCUT2D eigenvalue weighted by molar-refractivity contribution is 5.11. The molecule has 1 saturated heterocycles. The number of aromatic amines is 1. The first-order valence-electron chi connectivity index (χ1n) is 6.24. The second kappa shape index (κ2) is 3.55. The van der Waals surface area contributed by atoms with Gasteiger partial charge >= 0.3 is 0 Å². The third-order valence-corrected chi connectivity index (χ3v) is 4.02. The average molecular weight is 221 g/mol. The number of nitrogens with zero attached hydrogens (tertiary/aromatic N) is 2. The molecule has 0 radical (unpaired) electrons. The van der Waals surface area contributed by atoms with Gasteiger partial charge in [-0.2, -0.15) is 5.10 Å². The molecule has 4 heteroatoms. The molecule has 1 aliphatic heterocycles. The zero-order chi connectivity index (χ0) is 11.3. The highest BCUT2D eigenvalue weighted by Crippen LogP contribution is 2.41. The van der Waals surface area contributed by atoms with E-state index >= 15 is 0 Å². The lowest BCUT2D eigenvalue weighted by atomic mass is 9.89. The van der Waals surface area contributed by atoms with Gasteiger partial charge in [-0.25, -0.2) is 4.98 Å². The summed E-state index contributed by atoms with van der Waals surface area (Å²) in [5, 5.41) is 7.43. The molecule has 0 amide bonds. The van der Waals surface area contributed by atoms with Crippen molar-refractivity contribution in [3.05, 3.63) is 11.6 Å². The highest BCUT2D eigenvalue weighted by Gasteiger charge is 2.40. The molecule has 1 N–H and O–H groups in total. The lowest BCUT2D eigenvalue weighted by molar-refractivity contribution is 0.0553. The van der Waals surface area contributed by atoms with E-state index in [0.29, 0.717) is 23.9 Å². The Balaban J connectivity index is 1.84. The molecule has 4 nitrogen and oxygen atoms in total. The third-order valence-electron chi connectivity index (χ3n) is 4.02. The topological polar surface area (TPSA) is 50.8 Å². The molecule has 0 spiro atoms. The monoisotopic (exact) mass is 221 g/mol. The number of nitrogens with one attached hydrogen (secondary N) is 1. The molecule has 1 aromatic heterocycles. The van der Waals surface area contributed by atoms with Gasteiger partial charge in [-0.05, 0) is 32.6 Å². The van der Waals surface area contributed by atoms with Gasteiger partial charge in [0.1, 0.15) is 5.82 Å². The van der Waals surface area contributed by atoms with Crippen molar-refractivity contribution in [3.8, 4) is 0 Å². The number of hydrogen-bond donors (Lipinski definition) is 1. The minimum atomic E-state index is 0.241. The molecule has 2 aliphatic rings. The van der Waals surface area contributed by atoms with E-state index in [-0.39, 0.29) is 6.10 Å². The van der Waals surface area contributed by atoms with Crippen LogP contribution in [0.5, 0.6) is 0 Å². The van der Waals surface area contributed by atoms with Crippen LogP contribution in [0.4, 0.5) is 0 Å². The maximum Gasteiger partial charge on any atom is 0.153 e. The lowest BCUT2D eigenvalue weighted by Gasteiger charge is -2.14. The Hall–Kier alpha value is -0.900. The van der Waals surface area contributed by atoms with E-state index in [2.05, 4.69) is 36.0 Å². The van der Waals surface area contributed by atoms with E-state index < -0.39 is 0 Å². The van der Waals surface area contributed by atoms with Gasteiger partial charge in [0.2, 0.25) is 0 Å². The fraction of sp³-hybridized carbons (Fsp3) is 0.833. The van der Waals surface area contributed by atoms with Gasteiger partial charge in [0.05, 0.1) is 12.2 Å². The summed E-state index contributed by atoms with van der Waals surface area (Å²) >= 11 is 0. The molecule has 4 atom stereocenters. The zero-order valence-electron chi connectivity index (χ0n) is 10.1. The minimum absolute atomic E-state index is 0.241. The molecular formula is C12H19N3O. The van der Waals surface area contributed by atoms with Gasteiger partial charge in [0.15, 0.2) is 5.82 Å². The van der Waals surface area contributed by atoms with Crippen LogP contribution < -0.4 is 0 Å². The molecule has 88 valence electrons. The summed E-state index contributed by atoms with van der Waals surface area (Å²) in [5.41, 5.74) is 0. The molecule has 2 heterocycles. The first kappa shape index (κ1) is 10.3. The van der Waals surface area contributed by atoms with Crippen LogP contribution in [0.3, 0.4) is 0 Å². The molecule has 0 aromatic carbocycles. The molecule has 1 aliphatic carbocycles. The van der Waals surface area contributed by atoms with Crippen LogP contribution >= 0.6 is 0 Å². The fourth-order valence-corrected chi connectivity index (χ4v) is 2.70. The van der Waals surface area contributed by atoms with Gasteiger partial charge in [0, 0.05) is 11.8 Å². The predicted octanol–water partition coefficient (Wildman–Crippen LogP) is 2.21. The van der Waals surface area contributed by atoms with Crippen LogP contribution in [0.1, 0.15) is 57.1 Å². The maximum absolute atomic E-state index is 5.84. The van der Waals surface area contributed by atoms with Crippen LogP contribution in [-0.4, -0.2) is 27.4 Å². The molecule has 0 bridgehead atoms. The summed E-state index contributed by atoms with van der Waals surface area (Å²) in [7, 11) is 0. The minimum Gasteiger partial charge on any atom is -0.374 e. The summed E-state index contributed by atoms with van der Waals surface area (Å²) < 4.78 is 5.84. The Morgan fingerprint density at radius 2 is 1.94 bits per heavy atom. The van der Waals surface area contributed by atoms with Crippen molar-refractivity contribution >= 4 is 0 Å². The quantitative estimate of drug-likeness (QED) is 0.833. The van der Waals surface area contributed by atoms with E-state index in [1.165, 1.54) is 12.8 Å². The Morgan fingerprint density at radius 1 is 1.19 bits per heavy atom. The maximum atomic E-state index is 5.84. The van der Waals surface area contributed by atoms with E-state index in [4.69, 9.17) is 4.74 Å². The summed E-state index contributed by atoms with van der Waals surface area (Å²) in [6.07, 6.45) is 3.06. The Labute approximate surface area is 95.8 Å². The molecule has 2 fully saturated rings. The first-order chi connectivity index (χ1) is 7.66. The molecular weight excluding hydrogens is 202 g/mol. The van der Waals surface area contributed by atoms with Gasteiger partial charge in [-0.15, -0.1) is 0 Å². The molecule has 1 aromatic rings. The van der Waals surface area contributed by atoms with E-state index in [0.717, 1.165) is 11.6 Å². The molecule has 1 saturated carbocycles. The van der Waals surface area contributed by atoms with Crippen molar-refractivity contribution in [3.63, 3.8) is 0 Å². The van der Waals surface area contributed by atoms with Crippen LogP contribution in [0.15, 0.2) is 0 Å². The smallest absolute Gasteiger partial charge is 0.153 e. The van der Waals surface area contributed by atoms with Crippen molar-refractivity contribution in [2.45, 2.75) is 57.7 Å². The molecule has 3 rings (SSSR count). The van der Waals surface area contributed by atoms with Gasteiger partial charge in [-0.1, -0.05) is 6.92 Å². The number of aromatic nitrogens is 3. The molecule has 4 unspecified atom stereocenters. The third kappa shape index (κ3) is 1.56. The first-order valence-corrected chi connectivity index (χ1v) is 6.24. The fourth-order valence-electron chi connectivity index (χ4n) is 2.70. The standard InChI is InChI=1S/C12H19N3O/c1-6-7(2)16-8(3)10(6)12-13-11(14-15-12)9-4-5-9/h6-10H,4-5H2,1-3H3,(H,13,14,15). The highest BCUT2D eigenvalue weighted by atomic mass is 16.5.